The Kier molecular flexibility index (Phi) is 3.57. The van der Waals surface area contributed by atoms with Crippen molar-refractivity contribution in [3.8, 4) is 0 Å². The molecule has 0 spiro atoms. The van der Waals surface area contributed by atoms with Crippen LogP contribution in [0.3, 0.4) is 0 Å². The molecule has 1 N–H and O–H groups in total. The average molecular weight is 270 g/mol. The van der Waals surface area contributed by atoms with Crippen LogP contribution in [-0.2, 0) is 13.2 Å². The number of hydrogen-bond donors (Lipinski definition) is 1. The summed E-state index contributed by atoms with van der Waals surface area (Å²) in [4.78, 5) is 3.87. The lowest BCUT2D eigenvalue weighted by Crippen LogP contribution is -2.20. The van der Waals surface area contributed by atoms with Crippen LogP contribution in [0.5, 0.6) is 0 Å². The highest BCUT2D eigenvalue weighted by atomic mass is 19.4. The van der Waals surface area contributed by atoms with Gasteiger partial charge in [-0.25, -0.2) is 0 Å². The van der Waals surface area contributed by atoms with Gasteiger partial charge in [-0.3, -0.25) is 9.67 Å². The number of alkyl halides is 3. The average Bonchev–Trinajstić information content (AvgIpc) is 2.76. The molecule has 1 unspecified atom stereocenters. The summed E-state index contributed by atoms with van der Waals surface area (Å²) in [5.41, 5.74) is 0.443. The van der Waals surface area contributed by atoms with Gasteiger partial charge >= 0.3 is 6.18 Å². The second-order valence-electron chi connectivity index (χ2n) is 4.11. The molecule has 0 saturated heterocycles. The Morgan fingerprint density at radius 3 is 2.37 bits per heavy atom. The Morgan fingerprint density at radius 2 is 1.95 bits per heavy atom. The van der Waals surface area contributed by atoms with Gasteiger partial charge in [-0.1, -0.05) is 0 Å². The van der Waals surface area contributed by atoms with Gasteiger partial charge < -0.3 is 5.32 Å². The number of pyridine rings is 1. The van der Waals surface area contributed by atoms with Gasteiger partial charge in [0.2, 0.25) is 0 Å². The Hall–Kier alpha value is -1.89. The Bertz CT molecular complexity index is 545. The molecule has 0 aliphatic rings. The lowest BCUT2D eigenvalue weighted by atomic mass is 10.1. The van der Waals surface area contributed by atoms with Crippen molar-refractivity contribution in [2.75, 3.05) is 7.05 Å². The van der Waals surface area contributed by atoms with Crippen molar-refractivity contribution in [3.63, 3.8) is 0 Å². The zero-order valence-corrected chi connectivity index (χ0v) is 10.4. The predicted octanol–water partition coefficient (Wildman–Crippen LogP) is 2.14. The summed E-state index contributed by atoms with van der Waals surface area (Å²) in [6.45, 7) is 0. The van der Waals surface area contributed by atoms with E-state index >= 15 is 0 Å². The lowest BCUT2D eigenvalue weighted by molar-refractivity contribution is -0.137. The Morgan fingerprint density at radius 1 is 1.21 bits per heavy atom. The molecule has 2 rings (SSSR count). The molecule has 0 amide bonds. The van der Waals surface area contributed by atoms with E-state index in [9.17, 15) is 13.2 Å². The van der Waals surface area contributed by atoms with Gasteiger partial charge in [0.15, 0.2) is 0 Å². The van der Waals surface area contributed by atoms with Gasteiger partial charge in [-0.15, -0.1) is 0 Å². The maximum atomic E-state index is 12.5. The zero-order valence-electron chi connectivity index (χ0n) is 10.4. The van der Waals surface area contributed by atoms with Gasteiger partial charge in [0.25, 0.3) is 0 Å². The van der Waals surface area contributed by atoms with Crippen molar-refractivity contribution in [1.29, 1.82) is 0 Å². The number of hydrogen-bond acceptors (Lipinski definition) is 3. The van der Waals surface area contributed by atoms with Gasteiger partial charge in [-0.2, -0.15) is 18.3 Å². The molecule has 2 heterocycles. The fourth-order valence-electron chi connectivity index (χ4n) is 1.78. The normalized spacial score (nSPS) is 13.5. The largest absolute Gasteiger partial charge is 0.417 e. The van der Waals surface area contributed by atoms with E-state index < -0.39 is 11.7 Å². The third-order valence-corrected chi connectivity index (χ3v) is 2.73. The first kappa shape index (κ1) is 13.5. The van der Waals surface area contributed by atoms with Crippen LogP contribution in [0.1, 0.15) is 23.0 Å². The second kappa shape index (κ2) is 5.00. The van der Waals surface area contributed by atoms with Crippen LogP contribution < -0.4 is 5.32 Å². The number of rotatable bonds is 3. The van der Waals surface area contributed by atoms with Crippen molar-refractivity contribution < 1.29 is 13.2 Å². The fourth-order valence-corrected chi connectivity index (χ4v) is 1.78. The lowest BCUT2D eigenvalue weighted by Gasteiger charge is -2.14. The molecule has 0 aliphatic carbocycles. The zero-order chi connectivity index (χ0) is 14.0. The van der Waals surface area contributed by atoms with Crippen molar-refractivity contribution >= 4 is 0 Å². The van der Waals surface area contributed by atoms with E-state index in [2.05, 4.69) is 15.4 Å². The van der Waals surface area contributed by atoms with E-state index in [4.69, 9.17) is 0 Å². The Labute approximate surface area is 108 Å². The molecule has 0 radical (unpaired) electrons. The molecule has 0 aromatic carbocycles. The molecule has 102 valence electrons. The monoisotopic (exact) mass is 270 g/mol. The second-order valence-corrected chi connectivity index (χ2v) is 4.11. The smallest absolute Gasteiger partial charge is 0.307 e. The van der Waals surface area contributed by atoms with Crippen molar-refractivity contribution in [3.05, 3.63) is 47.5 Å². The quantitative estimate of drug-likeness (QED) is 0.929. The Balaban J connectivity index is 2.30. The van der Waals surface area contributed by atoms with Crippen molar-refractivity contribution in [2.24, 2.45) is 7.05 Å². The van der Waals surface area contributed by atoms with Crippen LogP contribution in [0.25, 0.3) is 0 Å². The summed E-state index contributed by atoms with van der Waals surface area (Å²) >= 11 is 0. The molecule has 19 heavy (non-hydrogen) atoms. The molecule has 0 fully saturated rings. The minimum Gasteiger partial charge on any atom is -0.307 e. The summed E-state index contributed by atoms with van der Waals surface area (Å²) < 4.78 is 39.0. The molecule has 4 nitrogen and oxygen atoms in total. The van der Waals surface area contributed by atoms with Gasteiger partial charge in [0.05, 0.1) is 23.0 Å². The molecule has 1 atom stereocenters. The number of aryl methyl sites for hydroxylation is 1. The van der Waals surface area contributed by atoms with E-state index in [-0.39, 0.29) is 6.04 Å². The molecular formula is C12H13F3N4. The van der Waals surface area contributed by atoms with Crippen LogP contribution >= 0.6 is 0 Å². The van der Waals surface area contributed by atoms with E-state index in [1.54, 1.807) is 31.0 Å². The van der Waals surface area contributed by atoms with Gasteiger partial charge in [0, 0.05) is 19.4 Å². The van der Waals surface area contributed by atoms with Crippen LogP contribution in [0.4, 0.5) is 13.2 Å². The number of nitrogens with one attached hydrogen (secondary N) is 1. The first-order valence-corrected chi connectivity index (χ1v) is 5.62. The molecular weight excluding hydrogens is 257 g/mol. The fraction of sp³-hybridized carbons (Fsp3) is 0.333. The van der Waals surface area contributed by atoms with Crippen LogP contribution in [0.2, 0.25) is 0 Å². The van der Waals surface area contributed by atoms with Gasteiger partial charge in [-0.05, 0) is 25.2 Å². The first-order valence-electron chi connectivity index (χ1n) is 5.62. The van der Waals surface area contributed by atoms with Crippen LogP contribution in [0, 0.1) is 0 Å². The maximum absolute atomic E-state index is 12.5. The number of nitrogens with zero attached hydrogens (tertiary/aromatic N) is 3. The van der Waals surface area contributed by atoms with Crippen molar-refractivity contribution in [1.82, 2.24) is 20.1 Å². The highest BCUT2D eigenvalue weighted by Gasteiger charge is 2.31. The van der Waals surface area contributed by atoms with E-state index in [0.29, 0.717) is 11.4 Å². The molecule has 2 aromatic rings. The maximum Gasteiger partial charge on any atom is 0.417 e. The van der Waals surface area contributed by atoms with Crippen molar-refractivity contribution in [2.45, 2.75) is 12.2 Å². The van der Waals surface area contributed by atoms with Gasteiger partial charge in [0.1, 0.15) is 0 Å². The predicted molar refractivity (Wildman–Crippen MR) is 63.3 cm³/mol. The summed E-state index contributed by atoms with van der Waals surface area (Å²) in [6.07, 6.45) is -1.77. The minimum absolute atomic E-state index is 0.330. The third-order valence-electron chi connectivity index (χ3n) is 2.73. The summed E-state index contributed by atoms with van der Waals surface area (Å²) in [5, 5.41) is 7.21. The molecule has 0 saturated carbocycles. The highest BCUT2D eigenvalue weighted by molar-refractivity contribution is 5.24. The summed E-state index contributed by atoms with van der Waals surface area (Å²) in [5.74, 6) is 0. The highest BCUT2D eigenvalue weighted by Crippen LogP contribution is 2.29. The van der Waals surface area contributed by atoms with E-state index in [1.807, 2.05) is 0 Å². The summed E-state index contributed by atoms with van der Waals surface area (Å²) in [7, 11) is 3.48. The number of halogens is 3. The molecule has 0 aliphatic heterocycles. The molecule has 0 bridgehead atoms. The minimum atomic E-state index is -4.37. The van der Waals surface area contributed by atoms with E-state index in [1.165, 1.54) is 6.07 Å². The van der Waals surface area contributed by atoms with E-state index in [0.717, 1.165) is 12.3 Å². The number of aromatic nitrogens is 3. The van der Waals surface area contributed by atoms with Crippen LogP contribution in [0.15, 0.2) is 30.6 Å². The topological polar surface area (TPSA) is 42.7 Å². The first-order chi connectivity index (χ1) is 8.91. The standard InChI is InChI=1S/C12H13F3N4/c1-16-11(10-5-6-19(2)18-10)9-4-3-8(7-17-9)12(13,14)15/h3-7,11,16H,1-2H3. The molecule has 7 heteroatoms. The van der Waals surface area contributed by atoms with Crippen LogP contribution in [-0.4, -0.2) is 21.8 Å². The summed E-state index contributed by atoms with van der Waals surface area (Å²) in [6, 6.07) is 3.85. The third kappa shape index (κ3) is 2.93. The SMILES string of the molecule is CNC(c1ccc(C(F)(F)F)cn1)c1ccn(C)n1. The molecule has 2 aromatic heterocycles.